The van der Waals surface area contributed by atoms with E-state index in [1.165, 1.54) is 0 Å². The average molecular weight is 147 g/mol. The molecule has 0 bridgehead atoms. The molecule has 0 amide bonds. The highest BCUT2D eigenvalue weighted by atomic mass is 32.1. The summed E-state index contributed by atoms with van der Waals surface area (Å²) < 4.78 is 5.27. The first-order valence-corrected chi connectivity index (χ1v) is 3.91. The van der Waals surface area contributed by atoms with Crippen LogP contribution in [0.3, 0.4) is 0 Å². The maximum atomic E-state index is 5.27. The van der Waals surface area contributed by atoms with E-state index in [0.717, 1.165) is 19.0 Å². The van der Waals surface area contributed by atoms with Gasteiger partial charge in [-0.15, -0.1) is 0 Å². The van der Waals surface area contributed by atoms with Crippen molar-refractivity contribution in [1.82, 2.24) is 5.32 Å². The summed E-state index contributed by atoms with van der Waals surface area (Å²) >= 11 is 4.16. The largest absolute Gasteiger partial charge is 0.378 e. The highest BCUT2D eigenvalue weighted by Gasteiger charge is 2.15. The molecule has 0 saturated carbocycles. The Morgan fingerprint density at radius 1 is 1.67 bits per heavy atom. The van der Waals surface area contributed by atoms with Crippen LogP contribution in [0.15, 0.2) is 0 Å². The van der Waals surface area contributed by atoms with Crippen LogP contribution in [0.2, 0.25) is 0 Å². The molecule has 1 rings (SSSR count). The normalized spacial score (nSPS) is 36.7. The minimum atomic E-state index is 0.456. The Morgan fingerprint density at radius 3 is 2.89 bits per heavy atom. The van der Waals surface area contributed by atoms with Crippen molar-refractivity contribution in [3.8, 4) is 0 Å². The molecule has 1 fully saturated rings. The summed E-state index contributed by atoms with van der Waals surface area (Å²) in [6.45, 7) is 3.77. The summed E-state index contributed by atoms with van der Waals surface area (Å²) in [6.07, 6.45) is 0. The fourth-order valence-electron chi connectivity index (χ4n) is 0.991. The van der Waals surface area contributed by atoms with Crippen LogP contribution in [0, 0.1) is 0 Å². The van der Waals surface area contributed by atoms with E-state index >= 15 is 0 Å². The Kier molecular flexibility index (Phi) is 2.82. The van der Waals surface area contributed by atoms with Crippen molar-refractivity contribution in [2.45, 2.75) is 19.0 Å². The van der Waals surface area contributed by atoms with Gasteiger partial charge < -0.3 is 10.1 Å². The summed E-state index contributed by atoms with van der Waals surface area (Å²) in [5.74, 6) is 0.865. The Balaban J connectivity index is 2.23. The smallest absolute Gasteiger partial charge is 0.0628 e. The SMILES string of the molecule is C[C@H]1COCC(CS)N1. The quantitative estimate of drug-likeness (QED) is 0.520. The van der Waals surface area contributed by atoms with Gasteiger partial charge >= 0.3 is 0 Å². The summed E-state index contributed by atoms with van der Waals surface area (Å²) in [5, 5.41) is 3.36. The molecule has 0 aromatic carbocycles. The summed E-state index contributed by atoms with van der Waals surface area (Å²) in [5.41, 5.74) is 0. The number of nitrogens with one attached hydrogen (secondary N) is 1. The molecular weight excluding hydrogens is 134 g/mol. The second-order valence-corrected chi connectivity index (χ2v) is 2.85. The van der Waals surface area contributed by atoms with E-state index in [2.05, 4.69) is 24.9 Å². The molecule has 0 aliphatic carbocycles. The summed E-state index contributed by atoms with van der Waals surface area (Å²) in [4.78, 5) is 0. The van der Waals surface area contributed by atoms with Gasteiger partial charge in [0.25, 0.3) is 0 Å². The van der Waals surface area contributed by atoms with Crippen LogP contribution < -0.4 is 5.32 Å². The molecule has 1 N–H and O–H groups in total. The first-order valence-electron chi connectivity index (χ1n) is 3.27. The Hall–Kier alpha value is 0.270. The number of hydrogen-bond donors (Lipinski definition) is 2. The van der Waals surface area contributed by atoms with Gasteiger partial charge in [0.15, 0.2) is 0 Å². The van der Waals surface area contributed by atoms with Gasteiger partial charge in [0.05, 0.1) is 13.2 Å². The van der Waals surface area contributed by atoms with Gasteiger partial charge in [-0.2, -0.15) is 12.6 Å². The van der Waals surface area contributed by atoms with Crippen molar-refractivity contribution in [3.63, 3.8) is 0 Å². The number of rotatable bonds is 1. The zero-order valence-electron chi connectivity index (χ0n) is 5.63. The van der Waals surface area contributed by atoms with E-state index in [0.29, 0.717) is 12.1 Å². The van der Waals surface area contributed by atoms with E-state index < -0.39 is 0 Å². The number of ether oxygens (including phenoxy) is 1. The Morgan fingerprint density at radius 2 is 2.44 bits per heavy atom. The van der Waals surface area contributed by atoms with Crippen LogP contribution in [0.5, 0.6) is 0 Å². The van der Waals surface area contributed by atoms with E-state index in [4.69, 9.17) is 4.74 Å². The van der Waals surface area contributed by atoms with Crippen molar-refractivity contribution < 1.29 is 4.74 Å². The lowest BCUT2D eigenvalue weighted by Crippen LogP contribution is -2.48. The van der Waals surface area contributed by atoms with Crippen molar-refractivity contribution in [2.75, 3.05) is 19.0 Å². The lowest BCUT2D eigenvalue weighted by Gasteiger charge is -2.27. The molecular formula is C6H13NOS. The molecule has 2 atom stereocenters. The highest BCUT2D eigenvalue weighted by molar-refractivity contribution is 7.80. The van der Waals surface area contributed by atoms with Gasteiger partial charge in [-0.05, 0) is 6.92 Å². The number of morpholine rings is 1. The van der Waals surface area contributed by atoms with Gasteiger partial charge in [-0.25, -0.2) is 0 Å². The zero-order chi connectivity index (χ0) is 6.69. The van der Waals surface area contributed by atoms with Crippen molar-refractivity contribution in [1.29, 1.82) is 0 Å². The average Bonchev–Trinajstić information content (AvgIpc) is 1.88. The maximum Gasteiger partial charge on any atom is 0.0628 e. The molecule has 1 aliphatic rings. The van der Waals surface area contributed by atoms with Gasteiger partial charge in [0, 0.05) is 17.8 Å². The topological polar surface area (TPSA) is 21.3 Å². The van der Waals surface area contributed by atoms with Crippen LogP contribution in [0.4, 0.5) is 0 Å². The lowest BCUT2D eigenvalue weighted by atomic mass is 10.2. The summed E-state index contributed by atoms with van der Waals surface area (Å²) in [7, 11) is 0. The predicted octanol–water partition coefficient (Wildman–Crippen LogP) is 0.293. The number of hydrogen-bond acceptors (Lipinski definition) is 3. The third-order valence-corrected chi connectivity index (χ3v) is 1.87. The number of thiol groups is 1. The van der Waals surface area contributed by atoms with Gasteiger partial charge in [0.1, 0.15) is 0 Å². The third kappa shape index (κ3) is 2.16. The van der Waals surface area contributed by atoms with Crippen LogP contribution in [-0.4, -0.2) is 31.1 Å². The molecule has 1 heterocycles. The maximum absolute atomic E-state index is 5.27. The van der Waals surface area contributed by atoms with E-state index in [1.807, 2.05) is 0 Å². The Bertz CT molecular complexity index is 89.1. The fourth-order valence-corrected chi connectivity index (χ4v) is 1.20. The molecule has 9 heavy (non-hydrogen) atoms. The van der Waals surface area contributed by atoms with Crippen LogP contribution in [0.25, 0.3) is 0 Å². The highest BCUT2D eigenvalue weighted by Crippen LogP contribution is 1.99. The van der Waals surface area contributed by atoms with Crippen molar-refractivity contribution >= 4 is 12.6 Å². The third-order valence-electron chi connectivity index (χ3n) is 1.43. The predicted molar refractivity (Wildman–Crippen MR) is 41.1 cm³/mol. The molecule has 54 valence electrons. The first-order chi connectivity index (χ1) is 4.33. The van der Waals surface area contributed by atoms with Gasteiger partial charge in [0.2, 0.25) is 0 Å². The fraction of sp³-hybridized carbons (Fsp3) is 1.00. The molecule has 1 aliphatic heterocycles. The molecule has 1 unspecified atom stereocenters. The van der Waals surface area contributed by atoms with Crippen LogP contribution in [-0.2, 0) is 4.74 Å². The van der Waals surface area contributed by atoms with Crippen LogP contribution >= 0.6 is 12.6 Å². The molecule has 0 radical (unpaired) electrons. The molecule has 3 heteroatoms. The zero-order valence-corrected chi connectivity index (χ0v) is 6.53. The summed E-state index contributed by atoms with van der Waals surface area (Å²) in [6, 6.07) is 0.952. The standard InChI is InChI=1S/C6H13NOS/c1-5-2-8-3-6(4-9)7-5/h5-7,9H,2-4H2,1H3/t5-,6?/m0/s1. The second-order valence-electron chi connectivity index (χ2n) is 2.48. The molecule has 0 spiro atoms. The monoisotopic (exact) mass is 147 g/mol. The minimum absolute atomic E-state index is 0.456. The van der Waals surface area contributed by atoms with Crippen LogP contribution in [0.1, 0.15) is 6.92 Å². The molecule has 2 nitrogen and oxygen atoms in total. The molecule has 1 saturated heterocycles. The van der Waals surface area contributed by atoms with Crippen molar-refractivity contribution in [2.24, 2.45) is 0 Å². The minimum Gasteiger partial charge on any atom is -0.378 e. The van der Waals surface area contributed by atoms with E-state index in [9.17, 15) is 0 Å². The first kappa shape index (κ1) is 7.38. The van der Waals surface area contributed by atoms with Gasteiger partial charge in [-0.3, -0.25) is 0 Å². The van der Waals surface area contributed by atoms with E-state index in [-0.39, 0.29) is 0 Å². The molecule has 0 aromatic rings. The van der Waals surface area contributed by atoms with E-state index in [1.54, 1.807) is 0 Å². The lowest BCUT2D eigenvalue weighted by molar-refractivity contribution is 0.0574. The van der Waals surface area contributed by atoms with Gasteiger partial charge in [-0.1, -0.05) is 0 Å². The van der Waals surface area contributed by atoms with Crippen molar-refractivity contribution in [3.05, 3.63) is 0 Å². The molecule has 0 aromatic heterocycles. The second kappa shape index (κ2) is 3.44. The Labute approximate surface area is 61.4 Å².